The molecule has 0 atom stereocenters. The van der Waals surface area contributed by atoms with E-state index < -0.39 is 0 Å². The van der Waals surface area contributed by atoms with Crippen LogP contribution in [-0.2, 0) is 4.79 Å². The number of anilines is 1. The van der Waals surface area contributed by atoms with Gasteiger partial charge in [-0.05, 0) is 49.8 Å². The quantitative estimate of drug-likeness (QED) is 0.387. The first-order valence-electron chi connectivity index (χ1n) is 13.2. The number of hydrogen-bond acceptors (Lipinski definition) is 7. The van der Waals surface area contributed by atoms with E-state index in [0.717, 1.165) is 43.1 Å². The Morgan fingerprint density at radius 1 is 0.947 bits per heavy atom. The zero-order chi connectivity index (χ0) is 26.9. The van der Waals surface area contributed by atoms with Gasteiger partial charge in [-0.15, -0.1) is 10.2 Å². The van der Waals surface area contributed by atoms with Gasteiger partial charge in [0.15, 0.2) is 11.6 Å². The van der Waals surface area contributed by atoms with Gasteiger partial charge in [0.05, 0.1) is 17.0 Å². The third kappa shape index (κ3) is 6.90. The standard InChI is InChI=1S/C28H35ClN6O3/c1-3-32(4-2)16-17-35(28(37)25-11-7-20-38-25)21-27(36)34-15-8-14-33(18-19-34)26-13-12-24(30-31-26)22-9-5-6-10-23(22)29/h5-7,9-13,20H,3-4,8,14-19,21H2,1-2H3. The summed E-state index contributed by atoms with van der Waals surface area (Å²) in [6, 6.07) is 14.7. The van der Waals surface area contributed by atoms with E-state index in [-0.39, 0.29) is 24.1 Å². The van der Waals surface area contributed by atoms with Crippen molar-refractivity contribution >= 4 is 29.2 Å². The number of amides is 2. The van der Waals surface area contributed by atoms with E-state index in [1.165, 1.54) is 6.26 Å². The number of likely N-dealkylation sites (N-methyl/N-ethyl adjacent to an activating group) is 1. The van der Waals surface area contributed by atoms with Gasteiger partial charge in [-0.25, -0.2) is 0 Å². The summed E-state index contributed by atoms with van der Waals surface area (Å²) in [7, 11) is 0. The Labute approximate surface area is 229 Å². The molecule has 202 valence electrons. The van der Waals surface area contributed by atoms with Crippen LogP contribution in [0.15, 0.2) is 59.2 Å². The number of rotatable bonds is 10. The van der Waals surface area contributed by atoms with Crippen molar-refractivity contribution in [3.05, 3.63) is 65.6 Å². The molecule has 0 spiro atoms. The lowest BCUT2D eigenvalue weighted by Gasteiger charge is -2.28. The lowest BCUT2D eigenvalue weighted by molar-refractivity contribution is -0.131. The molecule has 10 heteroatoms. The molecule has 9 nitrogen and oxygen atoms in total. The maximum absolute atomic E-state index is 13.3. The zero-order valence-corrected chi connectivity index (χ0v) is 22.8. The van der Waals surface area contributed by atoms with Crippen LogP contribution in [0.25, 0.3) is 11.3 Å². The number of furan rings is 1. The van der Waals surface area contributed by atoms with Gasteiger partial charge in [0.1, 0.15) is 6.54 Å². The van der Waals surface area contributed by atoms with Crippen LogP contribution in [0.3, 0.4) is 0 Å². The van der Waals surface area contributed by atoms with Crippen LogP contribution in [0.5, 0.6) is 0 Å². The average molecular weight is 539 g/mol. The minimum Gasteiger partial charge on any atom is -0.459 e. The zero-order valence-electron chi connectivity index (χ0n) is 22.1. The second kappa shape index (κ2) is 13.4. The summed E-state index contributed by atoms with van der Waals surface area (Å²) in [5.74, 6) is 0.689. The highest BCUT2D eigenvalue weighted by atomic mass is 35.5. The Morgan fingerprint density at radius 2 is 1.76 bits per heavy atom. The minimum absolute atomic E-state index is 0.0210. The number of hydrogen-bond donors (Lipinski definition) is 0. The third-order valence-corrected chi connectivity index (χ3v) is 7.23. The molecule has 0 unspecified atom stereocenters. The molecule has 38 heavy (non-hydrogen) atoms. The summed E-state index contributed by atoms with van der Waals surface area (Å²) in [6.45, 7) is 9.70. The van der Waals surface area contributed by atoms with Gasteiger partial charge in [0.25, 0.3) is 5.91 Å². The van der Waals surface area contributed by atoms with Crippen LogP contribution in [-0.4, -0.2) is 95.6 Å². The van der Waals surface area contributed by atoms with Crippen LogP contribution in [0.1, 0.15) is 30.8 Å². The Bertz CT molecular complexity index is 1180. The first kappa shape index (κ1) is 27.6. The van der Waals surface area contributed by atoms with E-state index in [2.05, 4.69) is 33.8 Å². The first-order valence-corrected chi connectivity index (χ1v) is 13.5. The van der Waals surface area contributed by atoms with E-state index >= 15 is 0 Å². The molecular formula is C28H35ClN6O3. The van der Waals surface area contributed by atoms with Crippen molar-refractivity contribution in [1.82, 2.24) is 24.9 Å². The molecule has 0 aliphatic carbocycles. The molecule has 2 aromatic heterocycles. The highest BCUT2D eigenvalue weighted by Crippen LogP contribution is 2.26. The third-order valence-electron chi connectivity index (χ3n) is 6.90. The van der Waals surface area contributed by atoms with Crippen LogP contribution < -0.4 is 4.90 Å². The fourth-order valence-electron chi connectivity index (χ4n) is 4.58. The summed E-state index contributed by atoms with van der Waals surface area (Å²) in [4.78, 5) is 34.2. The van der Waals surface area contributed by atoms with Crippen LogP contribution in [0.2, 0.25) is 5.02 Å². The largest absolute Gasteiger partial charge is 0.459 e. The molecule has 0 radical (unpaired) electrons. The predicted molar refractivity (Wildman–Crippen MR) is 148 cm³/mol. The molecule has 0 bridgehead atoms. The van der Waals surface area contributed by atoms with Crippen LogP contribution in [0, 0.1) is 0 Å². The molecule has 1 aliphatic heterocycles. The van der Waals surface area contributed by atoms with Crippen molar-refractivity contribution < 1.29 is 14.0 Å². The van der Waals surface area contributed by atoms with E-state index in [1.807, 2.05) is 41.3 Å². The van der Waals surface area contributed by atoms with E-state index in [9.17, 15) is 9.59 Å². The summed E-state index contributed by atoms with van der Waals surface area (Å²) >= 11 is 6.30. The average Bonchev–Trinajstić information content (AvgIpc) is 3.37. The van der Waals surface area contributed by atoms with Gasteiger partial charge in [-0.3, -0.25) is 9.59 Å². The molecule has 4 rings (SSSR count). The minimum atomic E-state index is -0.263. The Hall–Kier alpha value is -3.43. The van der Waals surface area contributed by atoms with Crippen molar-refractivity contribution in [2.75, 3.05) is 63.8 Å². The Kier molecular flexibility index (Phi) is 9.73. The monoisotopic (exact) mass is 538 g/mol. The van der Waals surface area contributed by atoms with Crippen LogP contribution >= 0.6 is 11.6 Å². The lowest BCUT2D eigenvalue weighted by atomic mass is 10.1. The van der Waals surface area contributed by atoms with Crippen molar-refractivity contribution in [2.24, 2.45) is 0 Å². The van der Waals surface area contributed by atoms with E-state index in [0.29, 0.717) is 37.7 Å². The summed E-state index contributed by atoms with van der Waals surface area (Å²) < 4.78 is 5.33. The highest BCUT2D eigenvalue weighted by Gasteiger charge is 2.26. The molecule has 0 saturated carbocycles. The van der Waals surface area contributed by atoms with Gasteiger partial charge in [-0.1, -0.05) is 43.6 Å². The predicted octanol–water partition coefficient (Wildman–Crippen LogP) is 3.91. The number of carbonyl (C=O) groups is 2. The lowest BCUT2D eigenvalue weighted by Crippen LogP contribution is -2.46. The second-order valence-corrected chi connectivity index (χ2v) is 9.62. The molecule has 1 aromatic carbocycles. The highest BCUT2D eigenvalue weighted by molar-refractivity contribution is 6.33. The molecule has 3 aromatic rings. The van der Waals surface area contributed by atoms with Crippen molar-refractivity contribution in [3.63, 3.8) is 0 Å². The van der Waals surface area contributed by atoms with Crippen molar-refractivity contribution in [2.45, 2.75) is 20.3 Å². The maximum atomic E-state index is 13.3. The Balaban J connectivity index is 1.38. The molecular weight excluding hydrogens is 504 g/mol. The smallest absolute Gasteiger partial charge is 0.290 e. The topological polar surface area (TPSA) is 86.0 Å². The number of halogens is 1. The van der Waals surface area contributed by atoms with Gasteiger partial charge in [-0.2, -0.15) is 0 Å². The van der Waals surface area contributed by atoms with Gasteiger partial charge < -0.3 is 24.0 Å². The number of aromatic nitrogens is 2. The molecule has 2 amide bonds. The fraction of sp³-hybridized carbons (Fsp3) is 0.429. The molecule has 3 heterocycles. The Morgan fingerprint density at radius 3 is 2.45 bits per heavy atom. The summed E-state index contributed by atoms with van der Waals surface area (Å²) in [5.41, 5.74) is 1.56. The first-order chi connectivity index (χ1) is 18.5. The van der Waals surface area contributed by atoms with E-state index in [1.54, 1.807) is 17.0 Å². The number of nitrogens with zero attached hydrogens (tertiary/aromatic N) is 6. The van der Waals surface area contributed by atoms with Gasteiger partial charge in [0.2, 0.25) is 5.91 Å². The molecule has 1 saturated heterocycles. The van der Waals surface area contributed by atoms with E-state index in [4.69, 9.17) is 16.0 Å². The van der Waals surface area contributed by atoms with Gasteiger partial charge >= 0.3 is 0 Å². The second-order valence-electron chi connectivity index (χ2n) is 9.21. The molecule has 1 fully saturated rings. The number of carbonyl (C=O) groups excluding carboxylic acids is 2. The van der Waals surface area contributed by atoms with Gasteiger partial charge in [0, 0.05) is 44.8 Å². The molecule has 0 N–H and O–H groups in total. The van der Waals surface area contributed by atoms with Crippen molar-refractivity contribution in [3.8, 4) is 11.3 Å². The fourth-order valence-corrected chi connectivity index (χ4v) is 4.81. The molecule has 1 aliphatic rings. The van der Waals surface area contributed by atoms with Crippen molar-refractivity contribution in [1.29, 1.82) is 0 Å². The number of benzene rings is 1. The SMILES string of the molecule is CCN(CC)CCN(CC(=O)N1CCCN(c2ccc(-c3ccccc3Cl)nn2)CC1)C(=O)c1ccco1. The summed E-state index contributed by atoms with van der Waals surface area (Å²) in [6.07, 6.45) is 2.27. The normalized spacial score (nSPS) is 14.0. The van der Waals surface area contributed by atoms with Crippen LogP contribution in [0.4, 0.5) is 5.82 Å². The summed E-state index contributed by atoms with van der Waals surface area (Å²) in [5, 5.41) is 9.46. The maximum Gasteiger partial charge on any atom is 0.290 e.